The summed E-state index contributed by atoms with van der Waals surface area (Å²) < 4.78 is 15.9. The summed E-state index contributed by atoms with van der Waals surface area (Å²) in [5.74, 6) is 1.56. The summed E-state index contributed by atoms with van der Waals surface area (Å²) in [6.07, 6.45) is 0.471. The normalized spacial score (nSPS) is 18.7. The van der Waals surface area contributed by atoms with E-state index < -0.39 is 0 Å². The molecule has 0 unspecified atom stereocenters. The molecule has 0 saturated carbocycles. The molecular formula is C17H24N2O4. The Hall–Kier alpha value is -1.79. The average molecular weight is 320 g/mol. The molecule has 0 atom stereocenters. The van der Waals surface area contributed by atoms with E-state index in [1.54, 1.807) is 0 Å². The van der Waals surface area contributed by atoms with Crippen LogP contribution in [0.15, 0.2) is 18.2 Å². The van der Waals surface area contributed by atoms with Gasteiger partial charge in [0.25, 0.3) is 0 Å². The van der Waals surface area contributed by atoms with E-state index in [0.717, 1.165) is 50.8 Å². The van der Waals surface area contributed by atoms with Gasteiger partial charge in [0.15, 0.2) is 11.5 Å². The fourth-order valence-electron chi connectivity index (χ4n) is 2.97. The summed E-state index contributed by atoms with van der Waals surface area (Å²) in [6, 6.07) is 6.19. The predicted octanol–water partition coefficient (Wildman–Crippen LogP) is 1.14. The SMILES string of the molecule is COC(=O)CCN1CCN(Cc2ccc3c(c2)OCCO3)CC1. The smallest absolute Gasteiger partial charge is 0.306 e. The van der Waals surface area contributed by atoms with Gasteiger partial charge in [-0.1, -0.05) is 6.07 Å². The molecule has 0 radical (unpaired) electrons. The lowest BCUT2D eigenvalue weighted by atomic mass is 10.1. The van der Waals surface area contributed by atoms with Crippen molar-refractivity contribution in [3.63, 3.8) is 0 Å². The van der Waals surface area contributed by atoms with Crippen molar-refractivity contribution in [2.45, 2.75) is 13.0 Å². The van der Waals surface area contributed by atoms with Crippen LogP contribution in [0.1, 0.15) is 12.0 Å². The first-order valence-electron chi connectivity index (χ1n) is 8.14. The first-order chi connectivity index (χ1) is 11.2. The Kier molecular flexibility index (Phi) is 5.35. The van der Waals surface area contributed by atoms with E-state index in [1.807, 2.05) is 6.07 Å². The van der Waals surface area contributed by atoms with Gasteiger partial charge in [0.1, 0.15) is 13.2 Å². The molecule has 126 valence electrons. The number of hydrogen-bond donors (Lipinski definition) is 0. The predicted molar refractivity (Wildman–Crippen MR) is 85.8 cm³/mol. The molecule has 0 amide bonds. The van der Waals surface area contributed by atoms with Crippen LogP contribution in [0.2, 0.25) is 0 Å². The largest absolute Gasteiger partial charge is 0.486 e. The van der Waals surface area contributed by atoms with E-state index in [4.69, 9.17) is 9.47 Å². The van der Waals surface area contributed by atoms with Crippen molar-refractivity contribution in [3.05, 3.63) is 23.8 Å². The van der Waals surface area contributed by atoms with E-state index in [1.165, 1.54) is 12.7 Å². The second-order valence-corrected chi connectivity index (χ2v) is 5.92. The van der Waals surface area contributed by atoms with Gasteiger partial charge in [0, 0.05) is 39.3 Å². The Morgan fingerprint density at radius 2 is 1.78 bits per heavy atom. The van der Waals surface area contributed by atoms with Crippen LogP contribution < -0.4 is 9.47 Å². The third-order valence-electron chi connectivity index (χ3n) is 4.34. The highest BCUT2D eigenvalue weighted by atomic mass is 16.6. The summed E-state index contributed by atoms with van der Waals surface area (Å²) in [4.78, 5) is 15.9. The molecule has 2 heterocycles. The monoisotopic (exact) mass is 320 g/mol. The fourth-order valence-corrected chi connectivity index (χ4v) is 2.97. The van der Waals surface area contributed by atoms with E-state index in [9.17, 15) is 4.79 Å². The van der Waals surface area contributed by atoms with Crippen LogP contribution >= 0.6 is 0 Å². The number of fused-ring (bicyclic) bond motifs is 1. The van der Waals surface area contributed by atoms with Crippen LogP contribution in [-0.4, -0.2) is 68.8 Å². The topological polar surface area (TPSA) is 51.2 Å². The Labute approximate surface area is 136 Å². The number of benzene rings is 1. The molecule has 6 heteroatoms. The molecule has 2 aliphatic rings. The molecule has 1 fully saturated rings. The van der Waals surface area contributed by atoms with Gasteiger partial charge in [-0.05, 0) is 17.7 Å². The average Bonchev–Trinajstić information content (AvgIpc) is 2.60. The first kappa shape index (κ1) is 16.1. The molecule has 0 bridgehead atoms. The first-order valence-corrected chi connectivity index (χ1v) is 8.14. The Bertz CT molecular complexity index is 541. The molecule has 0 aliphatic carbocycles. The minimum Gasteiger partial charge on any atom is -0.486 e. The maximum atomic E-state index is 11.2. The van der Waals surface area contributed by atoms with Crippen molar-refractivity contribution in [2.24, 2.45) is 0 Å². The molecule has 1 aromatic carbocycles. The van der Waals surface area contributed by atoms with E-state index >= 15 is 0 Å². The number of carbonyl (C=O) groups is 1. The fraction of sp³-hybridized carbons (Fsp3) is 0.588. The molecule has 1 aromatic rings. The lowest BCUT2D eigenvalue weighted by Crippen LogP contribution is -2.46. The molecular weight excluding hydrogens is 296 g/mol. The molecule has 2 aliphatic heterocycles. The zero-order valence-electron chi connectivity index (χ0n) is 13.6. The number of esters is 1. The van der Waals surface area contributed by atoms with Crippen LogP contribution in [0.5, 0.6) is 11.5 Å². The number of rotatable bonds is 5. The number of methoxy groups -OCH3 is 1. The molecule has 3 rings (SSSR count). The van der Waals surface area contributed by atoms with Crippen LogP contribution in [0.4, 0.5) is 0 Å². The van der Waals surface area contributed by atoms with E-state index in [0.29, 0.717) is 19.6 Å². The van der Waals surface area contributed by atoms with Gasteiger partial charge in [-0.25, -0.2) is 0 Å². The van der Waals surface area contributed by atoms with Gasteiger partial charge in [0.05, 0.1) is 13.5 Å². The lowest BCUT2D eigenvalue weighted by molar-refractivity contribution is -0.141. The number of ether oxygens (including phenoxy) is 3. The minimum atomic E-state index is -0.135. The van der Waals surface area contributed by atoms with Gasteiger partial charge < -0.3 is 19.1 Å². The van der Waals surface area contributed by atoms with Crippen LogP contribution in [0.25, 0.3) is 0 Å². The quantitative estimate of drug-likeness (QED) is 0.758. The van der Waals surface area contributed by atoms with Crippen LogP contribution in [0, 0.1) is 0 Å². The van der Waals surface area contributed by atoms with E-state index in [2.05, 4.69) is 26.7 Å². The molecule has 0 aromatic heterocycles. The molecule has 6 nitrogen and oxygen atoms in total. The van der Waals surface area contributed by atoms with Gasteiger partial charge >= 0.3 is 5.97 Å². The summed E-state index contributed by atoms with van der Waals surface area (Å²) in [6.45, 7) is 6.94. The summed E-state index contributed by atoms with van der Waals surface area (Å²) in [5.41, 5.74) is 1.25. The van der Waals surface area contributed by atoms with Crippen molar-refractivity contribution < 1.29 is 19.0 Å². The van der Waals surface area contributed by atoms with Crippen LogP contribution in [-0.2, 0) is 16.1 Å². The zero-order chi connectivity index (χ0) is 16.1. The number of hydrogen-bond acceptors (Lipinski definition) is 6. The Morgan fingerprint density at radius 1 is 1.09 bits per heavy atom. The van der Waals surface area contributed by atoms with Gasteiger partial charge in [-0.2, -0.15) is 0 Å². The minimum absolute atomic E-state index is 0.135. The number of piperazine rings is 1. The van der Waals surface area contributed by atoms with Crippen molar-refractivity contribution in [3.8, 4) is 11.5 Å². The highest BCUT2D eigenvalue weighted by Crippen LogP contribution is 2.31. The summed E-state index contributed by atoms with van der Waals surface area (Å²) in [5, 5.41) is 0. The maximum Gasteiger partial charge on any atom is 0.306 e. The standard InChI is InChI=1S/C17H24N2O4/c1-21-17(20)4-5-18-6-8-19(9-7-18)13-14-2-3-15-16(12-14)23-11-10-22-15/h2-3,12H,4-11,13H2,1H3. The molecule has 0 N–H and O–H groups in total. The third-order valence-corrected chi connectivity index (χ3v) is 4.34. The second-order valence-electron chi connectivity index (χ2n) is 5.92. The summed E-state index contributed by atoms with van der Waals surface area (Å²) >= 11 is 0. The maximum absolute atomic E-state index is 11.2. The van der Waals surface area contributed by atoms with Crippen molar-refractivity contribution in [1.29, 1.82) is 0 Å². The molecule has 23 heavy (non-hydrogen) atoms. The van der Waals surface area contributed by atoms with E-state index in [-0.39, 0.29) is 5.97 Å². The van der Waals surface area contributed by atoms with Crippen molar-refractivity contribution in [1.82, 2.24) is 9.80 Å². The van der Waals surface area contributed by atoms with Gasteiger partial charge in [0.2, 0.25) is 0 Å². The third kappa shape index (κ3) is 4.36. The van der Waals surface area contributed by atoms with Gasteiger partial charge in [-0.15, -0.1) is 0 Å². The lowest BCUT2D eigenvalue weighted by Gasteiger charge is -2.34. The zero-order valence-corrected chi connectivity index (χ0v) is 13.6. The highest BCUT2D eigenvalue weighted by Gasteiger charge is 2.19. The highest BCUT2D eigenvalue weighted by molar-refractivity contribution is 5.69. The van der Waals surface area contributed by atoms with Crippen molar-refractivity contribution >= 4 is 5.97 Å². The van der Waals surface area contributed by atoms with Crippen LogP contribution in [0.3, 0.4) is 0 Å². The van der Waals surface area contributed by atoms with Gasteiger partial charge in [-0.3, -0.25) is 9.69 Å². The molecule has 1 saturated heterocycles. The number of nitrogens with zero attached hydrogens (tertiary/aromatic N) is 2. The van der Waals surface area contributed by atoms with Crippen molar-refractivity contribution in [2.75, 3.05) is 53.0 Å². The molecule has 0 spiro atoms. The Morgan fingerprint density at radius 3 is 2.52 bits per heavy atom. The Balaban J connectivity index is 1.46. The number of carbonyl (C=O) groups excluding carboxylic acids is 1. The second kappa shape index (κ2) is 7.66. The summed E-state index contributed by atoms with van der Waals surface area (Å²) in [7, 11) is 1.44.